The van der Waals surface area contributed by atoms with E-state index in [1.165, 1.54) is 0 Å². The van der Waals surface area contributed by atoms with Crippen molar-refractivity contribution in [3.05, 3.63) is 0 Å². The third kappa shape index (κ3) is 2.77. The summed E-state index contributed by atoms with van der Waals surface area (Å²) in [5.74, 6) is 1.21. The lowest BCUT2D eigenvalue weighted by atomic mass is 9.69. The first-order valence-corrected chi connectivity index (χ1v) is 9.73. The van der Waals surface area contributed by atoms with Gasteiger partial charge >= 0.3 is 0 Å². The second-order valence-electron chi connectivity index (χ2n) is 7.46. The van der Waals surface area contributed by atoms with E-state index in [9.17, 15) is 13.5 Å². The van der Waals surface area contributed by atoms with Crippen molar-refractivity contribution in [2.75, 3.05) is 5.75 Å². The van der Waals surface area contributed by atoms with Crippen molar-refractivity contribution in [1.82, 2.24) is 0 Å². The molecule has 0 aromatic carbocycles. The number of hydrogen-bond acceptors (Lipinski definition) is 4. The number of rotatable bonds is 5. The van der Waals surface area contributed by atoms with Crippen LogP contribution in [0.2, 0.25) is 0 Å². The van der Waals surface area contributed by atoms with Crippen LogP contribution in [0.4, 0.5) is 0 Å². The van der Waals surface area contributed by atoms with Crippen LogP contribution in [0.15, 0.2) is 0 Å². The van der Waals surface area contributed by atoms with Gasteiger partial charge in [-0.3, -0.25) is 0 Å². The topological polar surface area (TPSA) is 80.4 Å². The molecule has 3 rings (SSSR count). The first kappa shape index (κ1) is 14.8. The molecule has 0 radical (unpaired) electrons. The van der Waals surface area contributed by atoms with Crippen molar-refractivity contribution in [3.63, 3.8) is 0 Å². The van der Waals surface area contributed by atoms with Crippen molar-refractivity contribution >= 4 is 9.84 Å². The van der Waals surface area contributed by atoms with Gasteiger partial charge in [0.15, 0.2) is 9.84 Å². The highest BCUT2D eigenvalue weighted by Gasteiger charge is 2.50. The molecule has 0 aromatic rings. The van der Waals surface area contributed by atoms with E-state index in [1.54, 1.807) is 0 Å². The largest absolute Gasteiger partial charge is 0.391 e. The van der Waals surface area contributed by atoms with Gasteiger partial charge in [0.2, 0.25) is 0 Å². The van der Waals surface area contributed by atoms with E-state index in [4.69, 9.17) is 5.73 Å². The van der Waals surface area contributed by atoms with Gasteiger partial charge in [-0.2, -0.15) is 0 Å². The van der Waals surface area contributed by atoms with Crippen LogP contribution in [0.25, 0.3) is 0 Å². The summed E-state index contributed by atoms with van der Waals surface area (Å²) in [6.07, 6.45) is 5.71. The number of aliphatic hydroxyl groups excluding tert-OH is 1. The van der Waals surface area contributed by atoms with Gasteiger partial charge in [-0.15, -0.1) is 0 Å². The molecule has 0 spiro atoms. The summed E-state index contributed by atoms with van der Waals surface area (Å²) in [6, 6.07) is 0. The Labute approximate surface area is 122 Å². The Balaban J connectivity index is 1.66. The molecule has 3 N–H and O–H groups in total. The minimum absolute atomic E-state index is 0.0748. The fraction of sp³-hybridized carbons (Fsp3) is 1.00. The zero-order valence-corrected chi connectivity index (χ0v) is 13.1. The average molecular weight is 301 g/mol. The van der Waals surface area contributed by atoms with Gasteiger partial charge in [-0.25, -0.2) is 8.42 Å². The van der Waals surface area contributed by atoms with Gasteiger partial charge in [0.25, 0.3) is 0 Å². The van der Waals surface area contributed by atoms with Crippen LogP contribution < -0.4 is 5.73 Å². The lowest BCUT2D eigenvalue weighted by Gasteiger charge is -2.45. The standard InChI is InChI=1S/C15H27NO3S/c1-10-8-13(20(18,19)9-11-2-3-11)6-7-15(10,16)14(17)12-4-5-12/h10-14,17H,2-9,16H2,1H3. The molecule has 0 amide bonds. The molecule has 3 aliphatic rings. The molecule has 3 fully saturated rings. The van der Waals surface area contributed by atoms with Crippen LogP contribution >= 0.6 is 0 Å². The molecule has 4 unspecified atom stereocenters. The second kappa shape index (κ2) is 4.96. The Morgan fingerprint density at radius 1 is 1.25 bits per heavy atom. The molecule has 0 heterocycles. The first-order chi connectivity index (χ1) is 9.33. The van der Waals surface area contributed by atoms with Gasteiger partial charge in [-0.05, 0) is 62.7 Å². The van der Waals surface area contributed by atoms with Crippen LogP contribution in [0.1, 0.15) is 51.9 Å². The minimum Gasteiger partial charge on any atom is -0.391 e. The predicted molar refractivity (Wildman–Crippen MR) is 79.0 cm³/mol. The third-order valence-corrected chi connectivity index (χ3v) is 8.11. The van der Waals surface area contributed by atoms with Crippen LogP contribution in [0.5, 0.6) is 0 Å². The highest BCUT2D eigenvalue weighted by Crippen LogP contribution is 2.45. The molecule has 20 heavy (non-hydrogen) atoms. The van der Waals surface area contributed by atoms with E-state index in [2.05, 4.69) is 0 Å². The van der Waals surface area contributed by atoms with Crippen LogP contribution in [-0.2, 0) is 9.84 Å². The average Bonchev–Trinajstić information content (AvgIpc) is 3.23. The Bertz CT molecular complexity index is 470. The smallest absolute Gasteiger partial charge is 0.153 e. The van der Waals surface area contributed by atoms with E-state index in [0.29, 0.717) is 36.9 Å². The Hall–Kier alpha value is -0.130. The summed E-state index contributed by atoms with van der Waals surface area (Å²) in [6.45, 7) is 2.02. The Kier molecular flexibility index (Phi) is 3.67. The molecule has 3 saturated carbocycles. The summed E-state index contributed by atoms with van der Waals surface area (Å²) in [5.41, 5.74) is 5.88. The lowest BCUT2D eigenvalue weighted by Crippen LogP contribution is -2.60. The molecule has 0 bridgehead atoms. The molecule has 0 aromatic heterocycles. The second-order valence-corrected chi connectivity index (χ2v) is 9.79. The molecular weight excluding hydrogens is 274 g/mol. The molecule has 3 aliphatic carbocycles. The predicted octanol–water partition coefficient (Wildman–Crippen LogP) is 1.47. The van der Waals surface area contributed by atoms with Crippen molar-refractivity contribution in [3.8, 4) is 0 Å². The van der Waals surface area contributed by atoms with Crippen LogP contribution in [0, 0.1) is 17.8 Å². The Morgan fingerprint density at radius 2 is 1.90 bits per heavy atom. The summed E-state index contributed by atoms with van der Waals surface area (Å²) in [5, 5.41) is 10.2. The molecule has 0 aliphatic heterocycles. The summed E-state index contributed by atoms with van der Waals surface area (Å²) < 4.78 is 24.8. The fourth-order valence-electron chi connectivity index (χ4n) is 3.75. The van der Waals surface area contributed by atoms with Gasteiger partial charge < -0.3 is 10.8 Å². The summed E-state index contributed by atoms with van der Waals surface area (Å²) in [4.78, 5) is 0. The lowest BCUT2D eigenvalue weighted by molar-refractivity contribution is 0.0125. The van der Waals surface area contributed by atoms with Gasteiger partial charge in [0, 0.05) is 5.54 Å². The van der Waals surface area contributed by atoms with Crippen molar-refractivity contribution in [2.24, 2.45) is 23.5 Å². The SMILES string of the molecule is CC1CC(S(=O)(=O)CC2CC2)CCC1(N)C(O)C1CC1. The number of sulfone groups is 1. The maximum absolute atomic E-state index is 12.4. The number of hydrogen-bond donors (Lipinski definition) is 2. The van der Waals surface area contributed by atoms with Crippen molar-refractivity contribution in [1.29, 1.82) is 0 Å². The summed E-state index contributed by atoms with van der Waals surface area (Å²) >= 11 is 0. The quantitative estimate of drug-likeness (QED) is 0.806. The third-order valence-electron chi connectivity index (χ3n) is 5.73. The maximum atomic E-state index is 12.4. The van der Waals surface area contributed by atoms with Crippen molar-refractivity contribution < 1.29 is 13.5 Å². The monoisotopic (exact) mass is 301 g/mol. The fourth-order valence-corrected chi connectivity index (χ4v) is 6.08. The molecule has 4 nitrogen and oxygen atoms in total. The van der Waals surface area contributed by atoms with E-state index in [1.807, 2.05) is 6.92 Å². The molecule has 116 valence electrons. The van der Waals surface area contributed by atoms with E-state index in [-0.39, 0.29) is 11.2 Å². The molecule has 5 heteroatoms. The van der Waals surface area contributed by atoms with Crippen molar-refractivity contribution in [2.45, 2.75) is 68.8 Å². The molecule has 0 saturated heterocycles. The maximum Gasteiger partial charge on any atom is 0.153 e. The molecule has 4 atom stereocenters. The van der Waals surface area contributed by atoms with E-state index < -0.39 is 21.5 Å². The first-order valence-electron chi connectivity index (χ1n) is 8.01. The van der Waals surface area contributed by atoms with Gasteiger partial charge in [-0.1, -0.05) is 6.92 Å². The zero-order chi connectivity index (χ0) is 14.5. The Morgan fingerprint density at radius 3 is 2.40 bits per heavy atom. The highest BCUT2D eigenvalue weighted by atomic mass is 32.2. The number of nitrogens with two attached hydrogens (primary N) is 1. The number of aliphatic hydroxyl groups is 1. The van der Waals surface area contributed by atoms with E-state index >= 15 is 0 Å². The zero-order valence-electron chi connectivity index (χ0n) is 12.3. The minimum atomic E-state index is -2.97. The summed E-state index contributed by atoms with van der Waals surface area (Å²) in [7, 11) is -2.97. The van der Waals surface area contributed by atoms with Gasteiger partial charge in [0.1, 0.15) is 0 Å². The van der Waals surface area contributed by atoms with Crippen LogP contribution in [-0.4, -0.2) is 36.2 Å². The normalized spacial score (nSPS) is 40.5. The highest BCUT2D eigenvalue weighted by molar-refractivity contribution is 7.92. The van der Waals surface area contributed by atoms with E-state index in [0.717, 1.165) is 25.7 Å². The van der Waals surface area contributed by atoms with Gasteiger partial charge in [0.05, 0.1) is 17.1 Å². The van der Waals surface area contributed by atoms with Crippen LogP contribution in [0.3, 0.4) is 0 Å². The molecular formula is C15H27NO3S.